The third-order valence-corrected chi connectivity index (χ3v) is 4.39. The molecule has 0 spiro atoms. The minimum Gasteiger partial charge on any atom is -0.478 e. The molecule has 0 unspecified atom stereocenters. The number of rotatable bonds is 5. The number of anilines is 1. The number of carboxylic acid groups (broad SMARTS) is 1. The van der Waals surface area contributed by atoms with Crippen LogP contribution >= 0.6 is 0 Å². The van der Waals surface area contributed by atoms with Gasteiger partial charge in [0.05, 0.1) is 17.9 Å². The van der Waals surface area contributed by atoms with Crippen LogP contribution in [0.15, 0.2) is 18.2 Å². The van der Waals surface area contributed by atoms with Gasteiger partial charge in [-0.25, -0.2) is 4.79 Å². The van der Waals surface area contributed by atoms with Crippen molar-refractivity contribution in [3.05, 3.63) is 29.3 Å². The fraction of sp³-hybridized carbons (Fsp3) is 0.562. The number of carbonyl (C=O) groups is 1. The summed E-state index contributed by atoms with van der Waals surface area (Å²) in [5, 5.41) is 22.3. The first-order valence-corrected chi connectivity index (χ1v) is 7.26. The Kier molecular flexibility index (Phi) is 4.65. The number of aliphatic hydroxyl groups excluding tert-OH is 1. The lowest BCUT2D eigenvalue weighted by molar-refractivity contribution is 0.0697. The van der Waals surface area contributed by atoms with Crippen molar-refractivity contribution in [2.24, 2.45) is 5.41 Å². The molecule has 1 aliphatic rings. The van der Waals surface area contributed by atoms with E-state index in [4.69, 9.17) is 0 Å². The van der Waals surface area contributed by atoms with Crippen LogP contribution in [0, 0.1) is 12.3 Å². The molecule has 4 nitrogen and oxygen atoms in total. The molecule has 0 radical (unpaired) electrons. The summed E-state index contributed by atoms with van der Waals surface area (Å²) in [4.78, 5) is 11.3. The van der Waals surface area contributed by atoms with Gasteiger partial charge < -0.3 is 15.5 Å². The molecule has 1 saturated carbocycles. The molecular weight excluding hydrogens is 254 g/mol. The van der Waals surface area contributed by atoms with E-state index in [9.17, 15) is 15.0 Å². The molecule has 0 aliphatic heterocycles. The highest BCUT2D eigenvalue weighted by Gasteiger charge is 2.31. The van der Waals surface area contributed by atoms with E-state index in [1.807, 2.05) is 13.0 Å². The lowest BCUT2D eigenvalue weighted by Crippen LogP contribution is -2.36. The number of hydrogen-bond acceptors (Lipinski definition) is 3. The number of para-hydroxylation sites is 1. The van der Waals surface area contributed by atoms with Crippen LogP contribution in [-0.2, 0) is 0 Å². The molecule has 0 amide bonds. The third kappa shape index (κ3) is 3.12. The first kappa shape index (κ1) is 14.9. The van der Waals surface area contributed by atoms with Crippen LogP contribution in [0.1, 0.15) is 48.0 Å². The predicted octanol–water partition coefficient (Wildman–Crippen LogP) is 3.05. The van der Waals surface area contributed by atoms with E-state index in [1.54, 1.807) is 12.1 Å². The number of aliphatic hydroxyl groups is 1. The van der Waals surface area contributed by atoms with Crippen LogP contribution in [-0.4, -0.2) is 29.3 Å². The minimum atomic E-state index is -0.919. The topological polar surface area (TPSA) is 69.6 Å². The highest BCUT2D eigenvalue weighted by atomic mass is 16.4. The fourth-order valence-corrected chi connectivity index (χ4v) is 3.05. The van der Waals surface area contributed by atoms with E-state index >= 15 is 0 Å². The molecule has 0 atom stereocenters. The molecule has 1 aromatic rings. The molecule has 3 N–H and O–H groups in total. The molecule has 110 valence electrons. The van der Waals surface area contributed by atoms with E-state index in [2.05, 4.69) is 5.32 Å². The number of aromatic carboxylic acids is 1. The maximum atomic E-state index is 11.3. The maximum absolute atomic E-state index is 11.3. The summed E-state index contributed by atoms with van der Waals surface area (Å²) in [6.45, 7) is 2.70. The smallest absolute Gasteiger partial charge is 0.337 e. The van der Waals surface area contributed by atoms with Crippen LogP contribution in [0.3, 0.4) is 0 Å². The number of aryl methyl sites for hydroxylation is 1. The van der Waals surface area contributed by atoms with E-state index in [0.717, 1.165) is 31.2 Å². The van der Waals surface area contributed by atoms with E-state index < -0.39 is 5.97 Å². The van der Waals surface area contributed by atoms with Crippen molar-refractivity contribution in [3.63, 3.8) is 0 Å². The van der Waals surface area contributed by atoms with E-state index in [0.29, 0.717) is 17.8 Å². The predicted molar refractivity (Wildman–Crippen MR) is 79.2 cm³/mol. The zero-order valence-corrected chi connectivity index (χ0v) is 12.0. The SMILES string of the molecule is Cc1cccc(C(=O)O)c1NCC1(CO)CCCCC1. The molecule has 0 bridgehead atoms. The molecule has 20 heavy (non-hydrogen) atoms. The summed E-state index contributed by atoms with van der Waals surface area (Å²) < 4.78 is 0. The van der Waals surface area contributed by atoms with Gasteiger partial charge in [0.2, 0.25) is 0 Å². The van der Waals surface area contributed by atoms with Crippen molar-refractivity contribution in [3.8, 4) is 0 Å². The Balaban J connectivity index is 2.15. The third-order valence-electron chi connectivity index (χ3n) is 4.39. The number of nitrogens with one attached hydrogen (secondary N) is 1. The Morgan fingerprint density at radius 3 is 2.60 bits per heavy atom. The number of carboxylic acids is 1. The summed E-state index contributed by atoms with van der Waals surface area (Å²) in [6.07, 6.45) is 5.52. The zero-order valence-electron chi connectivity index (χ0n) is 12.0. The maximum Gasteiger partial charge on any atom is 0.337 e. The second kappa shape index (κ2) is 6.27. The summed E-state index contributed by atoms with van der Waals surface area (Å²) in [6, 6.07) is 5.28. The normalized spacial score (nSPS) is 17.7. The molecule has 1 aliphatic carbocycles. The second-order valence-electron chi connectivity index (χ2n) is 5.87. The monoisotopic (exact) mass is 277 g/mol. The Bertz CT molecular complexity index is 479. The lowest BCUT2D eigenvalue weighted by Gasteiger charge is -2.36. The lowest BCUT2D eigenvalue weighted by atomic mass is 9.74. The van der Waals surface area contributed by atoms with Gasteiger partial charge in [0.25, 0.3) is 0 Å². The van der Waals surface area contributed by atoms with Crippen molar-refractivity contribution in [2.45, 2.75) is 39.0 Å². The Labute approximate surface area is 119 Å². The van der Waals surface area contributed by atoms with Crippen molar-refractivity contribution in [1.29, 1.82) is 0 Å². The quantitative estimate of drug-likeness (QED) is 0.773. The van der Waals surface area contributed by atoms with Gasteiger partial charge in [-0.05, 0) is 31.4 Å². The summed E-state index contributed by atoms with van der Waals surface area (Å²) in [5.74, 6) is -0.919. The Morgan fingerprint density at radius 2 is 2.00 bits per heavy atom. The highest BCUT2D eigenvalue weighted by Crippen LogP contribution is 2.36. The van der Waals surface area contributed by atoms with Gasteiger partial charge in [0.1, 0.15) is 0 Å². The minimum absolute atomic E-state index is 0.101. The van der Waals surface area contributed by atoms with Gasteiger partial charge in [0, 0.05) is 12.0 Å². The van der Waals surface area contributed by atoms with E-state index in [1.165, 1.54) is 6.42 Å². The average molecular weight is 277 g/mol. The van der Waals surface area contributed by atoms with Crippen molar-refractivity contribution in [2.75, 3.05) is 18.5 Å². The summed E-state index contributed by atoms with van der Waals surface area (Å²) in [5.41, 5.74) is 1.80. The molecule has 4 heteroatoms. The first-order chi connectivity index (χ1) is 9.58. The van der Waals surface area contributed by atoms with Gasteiger partial charge >= 0.3 is 5.97 Å². The van der Waals surface area contributed by atoms with Gasteiger partial charge in [-0.15, -0.1) is 0 Å². The second-order valence-corrected chi connectivity index (χ2v) is 5.87. The highest BCUT2D eigenvalue weighted by molar-refractivity contribution is 5.95. The van der Waals surface area contributed by atoms with Crippen LogP contribution < -0.4 is 5.32 Å². The van der Waals surface area contributed by atoms with Gasteiger partial charge in [-0.3, -0.25) is 0 Å². The molecule has 0 heterocycles. The van der Waals surface area contributed by atoms with Gasteiger partial charge in [-0.1, -0.05) is 31.4 Å². The van der Waals surface area contributed by atoms with E-state index in [-0.39, 0.29) is 12.0 Å². The Morgan fingerprint density at radius 1 is 1.30 bits per heavy atom. The number of hydrogen-bond donors (Lipinski definition) is 3. The molecule has 2 rings (SSSR count). The van der Waals surface area contributed by atoms with Crippen molar-refractivity contribution in [1.82, 2.24) is 0 Å². The summed E-state index contributed by atoms with van der Waals surface area (Å²) >= 11 is 0. The van der Waals surface area contributed by atoms with Crippen LogP contribution in [0.4, 0.5) is 5.69 Å². The van der Waals surface area contributed by atoms with Gasteiger partial charge in [0.15, 0.2) is 0 Å². The van der Waals surface area contributed by atoms with Crippen LogP contribution in [0.2, 0.25) is 0 Å². The number of benzene rings is 1. The van der Waals surface area contributed by atoms with Crippen molar-refractivity contribution >= 4 is 11.7 Å². The summed E-state index contributed by atoms with van der Waals surface area (Å²) in [7, 11) is 0. The average Bonchev–Trinajstić information content (AvgIpc) is 2.46. The fourth-order valence-electron chi connectivity index (χ4n) is 3.05. The zero-order chi connectivity index (χ0) is 14.6. The first-order valence-electron chi connectivity index (χ1n) is 7.26. The standard InChI is InChI=1S/C16H23NO3/c1-12-6-5-7-13(15(19)20)14(12)17-10-16(11-18)8-3-2-4-9-16/h5-7,17-18H,2-4,8-11H2,1H3,(H,19,20). The Hall–Kier alpha value is -1.55. The van der Waals surface area contributed by atoms with Gasteiger partial charge in [-0.2, -0.15) is 0 Å². The van der Waals surface area contributed by atoms with Crippen LogP contribution in [0.5, 0.6) is 0 Å². The molecule has 1 fully saturated rings. The molecule has 1 aromatic carbocycles. The molecule has 0 saturated heterocycles. The molecular formula is C16H23NO3. The van der Waals surface area contributed by atoms with Crippen LogP contribution in [0.25, 0.3) is 0 Å². The molecule has 0 aromatic heterocycles. The largest absolute Gasteiger partial charge is 0.478 e. The van der Waals surface area contributed by atoms with Crippen molar-refractivity contribution < 1.29 is 15.0 Å².